The zero-order chi connectivity index (χ0) is 13.0. The second-order valence-corrected chi connectivity index (χ2v) is 5.01. The van der Waals surface area contributed by atoms with E-state index in [4.69, 9.17) is 4.74 Å². The summed E-state index contributed by atoms with van der Waals surface area (Å²) < 4.78 is 7.37. The highest BCUT2D eigenvalue weighted by molar-refractivity contribution is 5.87. The van der Waals surface area contributed by atoms with Gasteiger partial charge in [0.15, 0.2) is 0 Å². The Balaban J connectivity index is 1.99. The van der Waals surface area contributed by atoms with Crippen LogP contribution in [0.2, 0.25) is 0 Å². The Kier molecular flexibility index (Phi) is 4.24. The van der Waals surface area contributed by atoms with Crippen molar-refractivity contribution in [2.45, 2.75) is 38.2 Å². The first kappa shape index (κ1) is 12.9. The minimum Gasteiger partial charge on any atom is -0.453 e. The Labute approximate surface area is 108 Å². The highest BCUT2D eigenvalue weighted by Gasteiger charge is 2.25. The van der Waals surface area contributed by atoms with Crippen LogP contribution >= 0.6 is 0 Å². The van der Waals surface area contributed by atoms with Crippen LogP contribution < -0.4 is 0 Å². The first-order valence-corrected chi connectivity index (χ1v) is 6.67. The van der Waals surface area contributed by atoms with Crippen LogP contribution in [0.1, 0.15) is 42.6 Å². The zero-order valence-electron chi connectivity index (χ0n) is 11.0. The molecule has 0 unspecified atom stereocenters. The number of nitrogens with zero attached hydrogens (tertiary/aromatic N) is 1. The van der Waals surface area contributed by atoms with Gasteiger partial charge in [-0.25, -0.2) is 4.79 Å². The van der Waals surface area contributed by atoms with Gasteiger partial charge in [0.25, 0.3) is 0 Å². The van der Waals surface area contributed by atoms with Gasteiger partial charge in [-0.15, -0.1) is 0 Å². The number of ether oxygens (including phenoxy) is 1. The van der Waals surface area contributed by atoms with Gasteiger partial charge in [-0.1, -0.05) is 31.9 Å². The van der Waals surface area contributed by atoms with Gasteiger partial charge in [-0.3, -0.25) is 0 Å². The quantitative estimate of drug-likeness (QED) is 0.603. The molecule has 0 radical (unpaired) electrons. The molecule has 1 atom stereocenters. The summed E-state index contributed by atoms with van der Waals surface area (Å²) in [6, 6.07) is 3.63. The number of esters is 1. The summed E-state index contributed by atoms with van der Waals surface area (Å²) in [6.07, 6.45) is 9.51. The maximum Gasteiger partial charge on any atom is 0.355 e. The summed E-state index contributed by atoms with van der Waals surface area (Å²) >= 11 is 0. The van der Waals surface area contributed by atoms with Gasteiger partial charge in [0.05, 0.1) is 0 Å². The molecular formula is C15H21NO2. The maximum absolute atomic E-state index is 12.0. The van der Waals surface area contributed by atoms with Gasteiger partial charge in [0.2, 0.25) is 0 Å². The number of carbonyl (C=O) groups is 1. The molecule has 3 heteroatoms. The molecule has 1 fully saturated rings. The SMILES string of the molecule is C=C[C@H](OC(=O)c1cccn1C)C1CCCCC1. The van der Waals surface area contributed by atoms with Crippen LogP contribution in [0.3, 0.4) is 0 Å². The third-order valence-electron chi connectivity index (χ3n) is 3.74. The van der Waals surface area contributed by atoms with E-state index in [0.717, 1.165) is 12.8 Å². The molecular weight excluding hydrogens is 226 g/mol. The number of carbonyl (C=O) groups excluding carboxylic acids is 1. The average Bonchev–Trinajstić information content (AvgIpc) is 2.83. The standard InChI is InChI=1S/C15H21NO2/c1-3-14(12-8-5-4-6-9-12)18-15(17)13-10-7-11-16(13)2/h3,7,10-12,14H,1,4-6,8-9H2,2H3/t14-/m0/s1. The van der Waals surface area contributed by atoms with Gasteiger partial charge in [-0.2, -0.15) is 0 Å². The highest BCUT2D eigenvalue weighted by Crippen LogP contribution is 2.28. The number of rotatable bonds is 4. The van der Waals surface area contributed by atoms with E-state index >= 15 is 0 Å². The second kappa shape index (κ2) is 5.89. The molecule has 1 aliphatic rings. The summed E-state index contributed by atoms with van der Waals surface area (Å²) in [6.45, 7) is 3.81. The molecule has 0 spiro atoms. The fourth-order valence-electron chi connectivity index (χ4n) is 2.66. The van der Waals surface area contributed by atoms with E-state index in [1.54, 1.807) is 16.7 Å². The van der Waals surface area contributed by atoms with Crippen molar-refractivity contribution in [2.75, 3.05) is 0 Å². The average molecular weight is 247 g/mol. The summed E-state index contributed by atoms with van der Waals surface area (Å²) in [4.78, 5) is 12.0. The minimum atomic E-state index is -0.252. The van der Waals surface area contributed by atoms with Crippen LogP contribution in [0, 0.1) is 5.92 Å². The molecule has 98 valence electrons. The van der Waals surface area contributed by atoms with Gasteiger partial charge in [-0.05, 0) is 30.9 Å². The Morgan fingerprint density at radius 1 is 1.50 bits per heavy atom. The number of hydrogen-bond acceptors (Lipinski definition) is 2. The van der Waals surface area contributed by atoms with Crippen molar-refractivity contribution in [3.05, 3.63) is 36.7 Å². The van der Waals surface area contributed by atoms with Crippen LogP contribution in [-0.2, 0) is 11.8 Å². The van der Waals surface area contributed by atoms with Crippen LogP contribution in [0.25, 0.3) is 0 Å². The van der Waals surface area contributed by atoms with E-state index in [9.17, 15) is 4.79 Å². The van der Waals surface area contributed by atoms with Crippen LogP contribution in [0.5, 0.6) is 0 Å². The van der Waals surface area contributed by atoms with Crippen molar-refractivity contribution in [3.63, 3.8) is 0 Å². The molecule has 3 nitrogen and oxygen atoms in total. The molecule has 1 aromatic heterocycles. The van der Waals surface area contributed by atoms with Crippen molar-refractivity contribution < 1.29 is 9.53 Å². The molecule has 0 N–H and O–H groups in total. The highest BCUT2D eigenvalue weighted by atomic mass is 16.5. The Bertz CT molecular complexity index is 416. The molecule has 18 heavy (non-hydrogen) atoms. The molecule has 0 aromatic carbocycles. The number of aromatic nitrogens is 1. The summed E-state index contributed by atoms with van der Waals surface area (Å²) in [5.41, 5.74) is 0.595. The van der Waals surface area contributed by atoms with Gasteiger partial charge >= 0.3 is 5.97 Å². The van der Waals surface area contributed by atoms with E-state index in [1.807, 2.05) is 19.3 Å². The summed E-state index contributed by atoms with van der Waals surface area (Å²) in [5, 5.41) is 0. The Hall–Kier alpha value is -1.51. The maximum atomic E-state index is 12.0. The third kappa shape index (κ3) is 2.84. The molecule has 1 saturated carbocycles. The predicted molar refractivity (Wildman–Crippen MR) is 71.4 cm³/mol. The summed E-state index contributed by atoms with van der Waals surface area (Å²) in [5.74, 6) is 0.193. The normalized spacial score (nSPS) is 18.3. The topological polar surface area (TPSA) is 31.2 Å². The Morgan fingerprint density at radius 3 is 2.78 bits per heavy atom. The van der Waals surface area contributed by atoms with Crippen molar-refractivity contribution in [3.8, 4) is 0 Å². The van der Waals surface area contributed by atoms with Crippen molar-refractivity contribution >= 4 is 5.97 Å². The second-order valence-electron chi connectivity index (χ2n) is 5.01. The first-order chi connectivity index (χ1) is 8.72. The monoisotopic (exact) mass is 247 g/mol. The van der Waals surface area contributed by atoms with Crippen molar-refractivity contribution in [1.29, 1.82) is 0 Å². The van der Waals surface area contributed by atoms with Crippen LogP contribution in [-0.4, -0.2) is 16.6 Å². The van der Waals surface area contributed by atoms with E-state index in [-0.39, 0.29) is 12.1 Å². The molecule has 0 saturated heterocycles. The fourth-order valence-corrected chi connectivity index (χ4v) is 2.66. The smallest absolute Gasteiger partial charge is 0.355 e. The molecule has 0 bridgehead atoms. The summed E-state index contributed by atoms with van der Waals surface area (Å²) in [7, 11) is 1.85. The lowest BCUT2D eigenvalue weighted by molar-refractivity contribution is 0.0217. The van der Waals surface area contributed by atoms with Crippen LogP contribution in [0.4, 0.5) is 0 Å². The van der Waals surface area contributed by atoms with E-state index in [2.05, 4.69) is 6.58 Å². The van der Waals surface area contributed by atoms with Gasteiger partial charge in [0.1, 0.15) is 11.8 Å². The predicted octanol–water partition coefficient (Wildman–Crippen LogP) is 3.32. The number of hydrogen-bond donors (Lipinski definition) is 0. The van der Waals surface area contributed by atoms with Crippen LogP contribution in [0.15, 0.2) is 31.0 Å². The minimum absolute atomic E-state index is 0.146. The van der Waals surface area contributed by atoms with Crippen molar-refractivity contribution in [2.24, 2.45) is 13.0 Å². The molecule has 1 aliphatic carbocycles. The lowest BCUT2D eigenvalue weighted by atomic mass is 9.85. The lowest BCUT2D eigenvalue weighted by Gasteiger charge is -2.27. The molecule has 2 rings (SSSR count). The number of aryl methyl sites for hydroxylation is 1. The first-order valence-electron chi connectivity index (χ1n) is 6.67. The van der Waals surface area contributed by atoms with Crippen molar-refractivity contribution in [1.82, 2.24) is 4.57 Å². The molecule has 0 amide bonds. The zero-order valence-corrected chi connectivity index (χ0v) is 11.0. The largest absolute Gasteiger partial charge is 0.453 e. The fraction of sp³-hybridized carbons (Fsp3) is 0.533. The lowest BCUT2D eigenvalue weighted by Crippen LogP contribution is -2.27. The molecule has 1 aromatic rings. The van der Waals surface area contributed by atoms with Gasteiger partial charge in [0, 0.05) is 13.2 Å². The van der Waals surface area contributed by atoms with E-state index in [1.165, 1.54) is 19.3 Å². The molecule has 1 heterocycles. The van der Waals surface area contributed by atoms with E-state index in [0.29, 0.717) is 11.6 Å². The van der Waals surface area contributed by atoms with Gasteiger partial charge < -0.3 is 9.30 Å². The Morgan fingerprint density at radius 2 is 2.22 bits per heavy atom. The van der Waals surface area contributed by atoms with E-state index < -0.39 is 0 Å². The third-order valence-corrected chi connectivity index (χ3v) is 3.74. The molecule has 0 aliphatic heterocycles.